The van der Waals surface area contributed by atoms with E-state index in [1.807, 2.05) is 18.2 Å². The molecule has 1 unspecified atom stereocenters. The summed E-state index contributed by atoms with van der Waals surface area (Å²) in [6.07, 6.45) is 0.723. The molecule has 0 nitrogen and oxygen atoms in total. The van der Waals surface area contributed by atoms with Crippen molar-refractivity contribution in [2.45, 2.75) is 25.6 Å². The van der Waals surface area contributed by atoms with E-state index < -0.39 is 0 Å². The average molecular weight is 393 g/mol. The minimum absolute atomic E-state index is 0.0842. The van der Waals surface area contributed by atoms with Crippen molar-refractivity contribution in [2.24, 2.45) is 0 Å². The van der Waals surface area contributed by atoms with Crippen molar-refractivity contribution in [1.29, 1.82) is 0 Å². The van der Waals surface area contributed by atoms with E-state index in [-0.39, 0.29) is 5.38 Å². The van der Waals surface area contributed by atoms with Crippen LogP contribution >= 0.6 is 50.7 Å². The van der Waals surface area contributed by atoms with Gasteiger partial charge >= 0.3 is 0 Å². The van der Waals surface area contributed by atoms with Crippen LogP contribution in [0.25, 0.3) is 0 Å². The highest BCUT2D eigenvalue weighted by atomic mass is 79.9. The Kier molecular flexibility index (Phi) is 5.42. The van der Waals surface area contributed by atoms with Gasteiger partial charge in [0.05, 0.1) is 15.4 Å². The third kappa shape index (κ3) is 3.71. The molecule has 0 heterocycles. The summed E-state index contributed by atoms with van der Waals surface area (Å²) in [5, 5.41) is 1.05. The van der Waals surface area contributed by atoms with E-state index in [9.17, 15) is 0 Å². The second-order valence-electron chi connectivity index (χ2n) is 4.88. The number of hydrogen-bond acceptors (Lipinski definition) is 0. The maximum Gasteiger partial charge on any atom is 0.0628 e. The minimum atomic E-state index is -0.0842. The molecule has 20 heavy (non-hydrogen) atoms. The van der Waals surface area contributed by atoms with Crippen LogP contribution in [-0.4, -0.2) is 0 Å². The molecule has 0 aliphatic heterocycles. The zero-order valence-electron chi connectivity index (χ0n) is 11.2. The monoisotopic (exact) mass is 390 g/mol. The molecule has 2 aromatic carbocycles. The summed E-state index contributed by atoms with van der Waals surface area (Å²) >= 11 is 22.1. The Bertz CT molecular complexity index is 638. The number of halogens is 4. The lowest BCUT2D eigenvalue weighted by atomic mass is 9.98. The normalized spacial score (nSPS) is 12.5. The lowest BCUT2D eigenvalue weighted by Gasteiger charge is -2.15. The molecule has 1 atom stereocenters. The Hall–Kier alpha value is -0.210. The Morgan fingerprint density at radius 2 is 1.70 bits per heavy atom. The van der Waals surface area contributed by atoms with Crippen LogP contribution in [0.3, 0.4) is 0 Å². The van der Waals surface area contributed by atoms with Crippen molar-refractivity contribution in [3.8, 4) is 0 Å². The summed E-state index contributed by atoms with van der Waals surface area (Å²) in [6.45, 7) is 4.14. The van der Waals surface area contributed by atoms with Crippen LogP contribution in [0.5, 0.6) is 0 Å². The predicted octanol–water partition coefficient (Wildman–Crippen LogP) is 6.90. The van der Waals surface area contributed by atoms with Crippen molar-refractivity contribution in [3.63, 3.8) is 0 Å². The van der Waals surface area contributed by atoms with Gasteiger partial charge in [-0.05, 0) is 60.7 Å². The smallest absolute Gasteiger partial charge is 0.0628 e. The summed E-state index contributed by atoms with van der Waals surface area (Å²) < 4.78 is 1.11. The van der Waals surface area contributed by atoms with Crippen molar-refractivity contribution in [2.75, 3.05) is 0 Å². The number of benzene rings is 2. The Morgan fingerprint density at radius 1 is 1.00 bits per heavy atom. The quantitative estimate of drug-likeness (QED) is 0.499. The second kappa shape index (κ2) is 6.70. The zero-order valence-corrected chi connectivity index (χ0v) is 15.0. The van der Waals surface area contributed by atoms with Gasteiger partial charge in [-0.25, -0.2) is 0 Å². The fourth-order valence-corrected chi connectivity index (χ4v) is 3.32. The first-order valence-corrected chi connectivity index (χ1v) is 8.21. The molecule has 0 saturated carbocycles. The van der Waals surface area contributed by atoms with E-state index >= 15 is 0 Å². The molecule has 0 saturated heterocycles. The summed E-state index contributed by atoms with van der Waals surface area (Å²) in [5.74, 6) is 0. The summed E-state index contributed by atoms with van der Waals surface area (Å²) in [7, 11) is 0. The highest BCUT2D eigenvalue weighted by Gasteiger charge is 2.14. The van der Waals surface area contributed by atoms with Gasteiger partial charge in [-0.1, -0.05) is 51.3 Å². The Labute approximate surface area is 143 Å². The van der Waals surface area contributed by atoms with Crippen molar-refractivity contribution < 1.29 is 0 Å². The Morgan fingerprint density at radius 3 is 2.35 bits per heavy atom. The molecule has 0 bridgehead atoms. The standard InChI is InChI=1S/C16H14BrCl3/c1-9-6-13(17)10(2)5-12(9)15(19)7-11-3-4-14(18)16(20)8-11/h3-6,8,15H,7H2,1-2H3. The molecule has 0 spiro atoms. The van der Waals surface area contributed by atoms with Crippen molar-refractivity contribution in [1.82, 2.24) is 0 Å². The van der Waals surface area contributed by atoms with E-state index in [4.69, 9.17) is 34.8 Å². The SMILES string of the molecule is Cc1cc(C(Cl)Cc2ccc(Cl)c(Cl)c2)c(C)cc1Br. The van der Waals surface area contributed by atoms with E-state index in [1.54, 1.807) is 0 Å². The highest BCUT2D eigenvalue weighted by molar-refractivity contribution is 9.10. The van der Waals surface area contributed by atoms with Crippen LogP contribution in [-0.2, 0) is 6.42 Å². The molecule has 0 aliphatic rings. The molecule has 0 radical (unpaired) electrons. The first kappa shape index (κ1) is 16.2. The number of alkyl halides is 1. The van der Waals surface area contributed by atoms with Gasteiger partial charge in [-0.15, -0.1) is 11.6 Å². The van der Waals surface area contributed by atoms with Gasteiger partial charge in [-0.2, -0.15) is 0 Å². The highest BCUT2D eigenvalue weighted by Crippen LogP contribution is 2.32. The second-order valence-corrected chi connectivity index (χ2v) is 7.07. The van der Waals surface area contributed by atoms with Crippen LogP contribution in [0.4, 0.5) is 0 Å². The zero-order chi connectivity index (χ0) is 14.9. The third-order valence-corrected chi connectivity index (χ3v) is 5.27. The van der Waals surface area contributed by atoms with Gasteiger partial charge in [0.25, 0.3) is 0 Å². The van der Waals surface area contributed by atoms with Gasteiger partial charge in [0.15, 0.2) is 0 Å². The van der Waals surface area contributed by atoms with Crippen LogP contribution < -0.4 is 0 Å². The van der Waals surface area contributed by atoms with E-state index in [2.05, 4.69) is 41.9 Å². The minimum Gasteiger partial charge on any atom is -0.117 e. The van der Waals surface area contributed by atoms with E-state index in [0.29, 0.717) is 10.0 Å². The molecule has 0 aliphatic carbocycles. The number of aryl methyl sites for hydroxylation is 2. The molecule has 2 aromatic rings. The van der Waals surface area contributed by atoms with Gasteiger partial charge in [0.2, 0.25) is 0 Å². The molecular formula is C16H14BrCl3. The van der Waals surface area contributed by atoms with Crippen molar-refractivity contribution >= 4 is 50.7 Å². The lowest BCUT2D eigenvalue weighted by Crippen LogP contribution is -2.00. The topological polar surface area (TPSA) is 0 Å². The first-order chi connectivity index (χ1) is 9.38. The fraction of sp³-hybridized carbons (Fsp3) is 0.250. The van der Waals surface area contributed by atoms with E-state index in [0.717, 1.165) is 22.0 Å². The third-order valence-electron chi connectivity index (χ3n) is 3.28. The van der Waals surface area contributed by atoms with Gasteiger partial charge in [0, 0.05) is 4.47 Å². The molecule has 0 fully saturated rings. The summed E-state index contributed by atoms with van der Waals surface area (Å²) in [4.78, 5) is 0. The molecule has 0 aromatic heterocycles. The predicted molar refractivity (Wildman–Crippen MR) is 92.4 cm³/mol. The van der Waals surface area contributed by atoms with Gasteiger partial charge in [-0.3, -0.25) is 0 Å². The van der Waals surface area contributed by atoms with Crippen LogP contribution in [0.15, 0.2) is 34.8 Å². The fourth-order valence-electron chi connectivity index (χ4n) is 2.12. The largest absolute Gasteiger partial charge is 0.117 e. The maximum atomic E-state index is 6.57. The average Bonchev–Trinajstić information content (AvgIpc) is 2.38. The van der Waals surface area contributed by atoms with Crippen LogP contribution in [0.1, 0.15) is 27.6 Å². The maximum absolute atomic E-state index is 6.57. The van der Waals surface area contributed by atoms with Crippen molar-refractivity contribution in [3.05, 3.63) is 67.1 Å². The van der Waals surface area contributed by atoms with Gasteiger partial charge in [0.1, 0.15) is 0 Å². The molecule has 2 rings (SSSR count). The first-order valence-electron chi connectivity index (χ1n) is 6.23. The van der Waals surface area contributed by atoms with Gasteiger partial charge < -0.3 is 0 Å². The summed E-state index contributed by atoms with van der Waals surface area (Å²) in [5.41, 5.74) is 4.60. The summed E-state index contributed by atoms with van der Waals surface area (Å²) in [6, 6.07) is 9.89. The molecule has 0 N–H and O–H groups in total. The molecular weight excluding hydrogens is 378 g/mol. The lowest BCUT2D eigenvalue weighted by molar-refractivity contribution is 0.907. The Balaban J connectivity index is 2.25. The number of rotatable bonds is 3. The molecule has 4 heteroatoms. The molecule has 106 valence electrons. The number of hydrogen-bond donors (Lipinski definition) is 0. The molecule has 0 amide bonds. The van der Waals surface area contributed by atoms with E-state index in [1.165, 1.54) is 11.1 Å². The van der Waals surface area contributed by atoms with Crippen LogP contribution in [0, 0.1) is 13.8 Å². The van der Waals surface area contributed by atoms with Crippen LogP contribution in [0.2, 0.25) is 10.0 Å².